The van der Waals surface area contributed by atoms with E-state index >= 15 is 0 Å². The molecule has 0 bridgehead atoms. The Kier molecular flexibility index (Phi) is 15.4. The third kappa shape index (κ3) is 14.1. The minimum Gasteiger partial charge on any atom is -0.462 e. The molecule has 2 rings (SSSR count). The van der Waals surface area contributed by atoms with Crippen molar-refractivity contribution in [2.75, 3.05) is 0 Å². The Balaban J connectivity index is 2.20. The zero-order valence-corrected chi connectivity index (χ0v) is 26.1. The molecule has 0 aliphatic heterocycles. The Morgan fingerprint density at radius 1 is 0.545 bits per heavy atom. The van der Waals surface area contributed by atoms with E-state index < -0.39 is 36.1 Å². The summed E-state index contributed by atoms with van der Waals surface area (Å²) in [4.78, 5) is 60.5. The second-order valence-electron chi connectivity index (χ2n) is 10.3. The van der Waals surface area contributed by atoms with Gasteiger partial charge in [-0.2, -0.15) is 0 Å². The molecule has 0 radical (unpaired) electrons. The topological polar surface area (TPSA) is 132 Å². The maximum absolute atomic E-state index is 12.6. The molecule has 0 amide bonds. The molecule has 2 aromatic carbocycles. The van der Waals surface area contributed by atoms with Crippen LogP contribution in [0.3, 0.4) is 0 Å². The van der Waals surface area contributed by atoms with Crippen molar-refractivity contribution in [2.45, 2.75) is 98.2 Å². The average molecular weight is 611 g/mol. The van der Waals surface area contributed by atoms with Crippen LogP contribution in [0, 0.1) is 0 Å². The molecule has 0 aliphatic rings. The number of carbonyl (C=O) groups is 5. The van der Waals surface area contributed by atoms with Crippen LogP contribution in [0.4, 0.5) is 0 Å². The maximum Gasteiger partial charge on any atom is 0.314 e. The summed E-state index contributed by atoms with van der Waals surface area (Å²) in [5, 5.41) is 0. The summed E-state index contributed by atoms with van der Waals surface area (Å²) in [5.41, 5.74) is 1.35. The van der Waals surface area contributed by atoms with Gasteiger partial charge < -0.3 is 23.7 Å². The molecule has 2 atom stereocenters. The van der Waals surface area contributed by atoms with Crippen molar-refractivity contribution in [3.63, 3.8) is 0 Å². The fraction of sp³-hybridized carbons (Fsp3) is 0.441. The van der Waals surface area contributed by atoms with Gasteiger partial charge in [-0.25, -0.2) is 0 Å². The normalized spacial score (nSPS) is 12.2. The highest BCUT2D eigenvalue weighted by molar-refractivity contribution is 5.78. The number of carbonyl (C=O) groups excluding carboxylic acids is 5. The van der Waals surface area contributed by atoms with Gasteiger partial charge in [0.15, 0.2) is 0 Å². The third-order valence-electron chi connectivity index (χ3n) is 5.88. The van der Waals surface area contributed by atoms with Crippen LogP contribution in [-0.4, -0.2) is 42.1 Å². The van der Waals surface area contributed by atoms with Crippen LogP contribution in [-0.2, 0) is 33.4 Å². The van der Waals surface area contributed by atoms with Gasteiger partial charge in [-0.05, 0) is 68.5 Å². The monoisotopic (exact) mass is 610 g/mol. The lowest BCUT2D eigenvalue weighted by Crippen LogP contribution is -2.22. The van der Waals surface area contributed by atoms with Crippen LogP contribution in [0.25, 0.3) is 12.2 Å². The van der Waals surface area contributed by atoms with Crippen LogP contribution in [0.5, 0.6) is 17.2 Å². The maximum atomic E-state index is 12.6. The number of hydrogen-bond donors (Lipinski definition) is 0. The van der Waals surface area contributed by atoms with E-state index in [1.165, 1.54) is 6.07 Å². The molecule has 0 spiro atoms. The Morgan fingerprint density at radius 3 is 1.41 bits per heavy atom. The predicted octanol–water partition coefficient (Wildman–Crippen LogP) is 6.62. The van der Waals surface area contributed by atoms with Gasteiger partial charge in [-0.3, -0.25) is 24.0 Å². The van der Waals surface area contributed by atoms with Gasteiger partial charge in [0.1, 0.15) is 29.5 Å². The fourth-order valence-electron chi connectivity index (χ4n) is 3.91. The highest BCUT2D eigenvalue weighted by Crippen LogP contribution is 2.26. The van der Waals surface area contributed by atoms with E-state index in [2.05, 4.69) is 0 Å². The molecule has 0 saturated carbocycles. The van der Waals surface area contributed by atoms with Gasteiger partial charge >= 0.3 is 29.8 Å². The van der Waals surface area contributed by atoms with E-state index in [4.69, 9.17) is 23.7 Å². The van der Waals surface area contributed by atoms with Crippen molar-refractivity contribution in [2.24, 2.45) is 0 Å². The first-order valence-electron chi connectivity index (χ1n) is 14.9. The first kappa shape index (κ1) is 35.7. The number of rotatable bonds is 17. The van der Waals surface area contributed by atoms with E-state index in [1.54, 1.807) is 62.4 Å². The van der Waals surface area contributed by atoms with Crippen molar-refractivity contribution < 1.29 is 47.7 Å². The molecule has 238 valence electrons. The molecule has 0 N–H and O–H groups in total. The molecule has 0 aliphatic carbocycles. The van der Waals surface area contributed by atoms with Gasteiger partial charge in [0.2, 0.25) is 0 Å². The highest BCUT2D eigenvalue weighted by Gasteiger charge is 2.18. The van der Waals surface area contributed by atoms with Gasteiger partial charge in [-0.15, -0.1) is 0 Å². The van der Waals surface area contributed by atoms with Crippen LogP contribution < -0.4 is 14.2 Å². The largest absolute Gasteiger partial charge is 0.462 e. The SMILES string of the molecule is CCCC(=O)Oc1ccc(/C=C/c2cc(OC(=O)C[C@@H](C)OC(=O)CCC)cc(OC(=O)C[C@@H](C)OC(=O)CCC)c2)cc1. The molecule has 0 saturated heterocycles. The summed E-state index contributed by atoms with van der Waals surface area (Å²) in [5.74, 6) is -1.68. The highest BCUT2D eigenvalue weighted by atomic mass is 16.6. The van der Waals surface area contributed by atoms with Gasteiger partial charge in [-0.1, -0.05) is 45.1 Å². The molecule has 0 unspecified atom stereocenters. The van der Waals surface area contributed by atoms with Crippen molar-refractivity contribution in [3.8, 4) is 17.2 Å². The first-order chi connectivity index (χ1) is 21.0. The lowest BCUT2D eigenvalue weighted by Gasteiger charge is -2.14. The van der Waals surface area contributed by atoms with Crippen LogP contribution >= 0.6 is 0 Å². The molecule has 44 heavy (non-hydrogen) atoms. The lowest BCUT2D eigenvalue weighted by molar-refractivity contribution is -0.152. The van der Waals surface area contributed by atoms with Crippen molar-refractivity contribution in [1.82, 2.24) is 0 Å². The molecule has 0 heterocycles. The van der Waals surface area contributed by atoms with Crippen LogP contribution in [0.2, 0.25) is 0 Å². The Labute approximate surface area is 258 Å². The molecule has 0 aromatic heterocycles. The van der Waals surface area contributed by atoms with E-state index in [1.807, 2.05) is 20.8 Å². The third-order valence-corrected chi connectivity index (χ3v) is 5.88. The number of hydrogen-bond acceptors (Lipinski definition) is 10. The van der Waals surface area contributed by atoms with Crippen LogP contribution in [0.1, 0.15) is 97.1 Å². The van der Waals surface area contributed by atoms with Crippen molar-refractivity contribution >= 4 is 42.0 Å². The first-order valence-corrected chi connectivity index (χ1v) is 14.9. The molecule has 10 nitrogen and oxygen atoms in total. The number of ether oxygens (including phenoxy) is 5. The molecule has 2 aromatic rings. The number of benzene rings is 2. The standard InChI is InChI=1S/C34H42O10/c1-6-9-30(35)40-23(4)18-33(38)43-28-20-26(13-12-25-14-16-27(17-15-25)42-32(37)11-8-3)21-29(22-28)44-34(39)19-24(5)41-31(36)10-7-2/h12-17,20-24H,6-11,18-19H2,1-5H3/b13-12+/t23-,24-/m1/s1. The van der Waals surface area contributed by atoms with Gasteiger partial charge in [0.25, 0.3) is 0 Å². The Hall–Kier alpha value is -4.47. The lowest BCUT2D eigenvalue weighted by atomic mass is 10.1. The van der Waals surface area contributed by atoms with Gasteiger partial charge in [0, 0.05) is 25.3 Å². The fourth-order valence-corrected chi connectivity index (χ4v) is 3.91. The minimum atomic E-state index is -0.678. The smallest absolute Gasteiger partial charge is 0.314 e. The molecular formula is C34H42O10. The summed E-state index contributed by atoms with van der Waals surface area (Å²) in [6.07, 6.45) is 4.64. The van der Waals surface area contributed by atoms with E-state index in [-0.39, 0.29) is 43.2 Å². The quantitative estimate of drug-likeness (QED) is 0.109. The molecule has 0 fully saturated rings. The summed E-state index contributed by atoms with van der Waals surface area (Å²) >= 11 is 0. The molecular weight excluding hydrogens is 568 g/mol. The molecule has 10 heteroatoms. The van der Waals surface area contributed by atoms with Crippen molar-refractivity contribution in [1.29, 1.82) is 0 Å². The second kappa shape index (κ2) is 18.9. The summed E-state index contributed by atoms with van der Waals surface area (Å²) in [7, 11) is 0. The van der Waals surface area contributed by atoms with Crippen molar-refractivity contribution in [3.05, 3.63) is 53.6 Å². The predicted molar refractivity (Wildman–Crippen MR) is 164 cm³/mol. The summed E-state index contributed by atoms with van der Waals surface area (Å²) in [6.45, 7) is 8.81. The summed E-state index contributed by atoms with van der Waals surface area (Å²) < 4.78 is 26.7. The average Bonchev–Trinajstić information content (AvgIpc) is 2.92. The zero-order valence-electron chi connectivity index (χ0n) is 26.1. The van der Waals surface area contributed by atoms with E-state index in [0.29, 0.717) is 37.0 Å². The zero-order chi connectivity index (χ0) is 32.5. The van der Waals surface area contributed by atoms with E-state index in [0.717, 1.165) is 5.56 Å². The summed E-state index contributed by atoms with van der Waals surface area (Å²) in [6, 6.07) is 11.5. The van der Waals surface area contributed by atoms with Crippen LogP contribution in [0.15, 0.2) is 42.5 Å². The van der Waals surface area contributed by atoms with E-state index in [9.17, 15) is 24.0 Å². The Morgan fingerprint density at radius 2 is 0.955 bits per heavy atom. The van der Waals surface area contributed by atoms with Gasteiger partial charge in [0.05, 0.1) is 12.8 Å². The number of esters is 5. The minimum absolute atomic E-state index is 0.118. The second-order valence-corrected chi connectivity index (χ2v) is 10.3. The Bertz CT molecular complexity index is 1240.